The number of anilines is 3. The monoisotopic (exact) mass is 366 g/mol. The van der Waals surface area contributed by atoms with Crippen molar-refractivity contribution in [3.63, 3.8) is 0 Å². The minimum Gasteiger partial charge on any atom is -0.355 e. The minimum absolute atomic E-state index is 0.170. The van der Waals surface area contributed by atoms with Gasteiger partial charge in [0.25, 0.3) is 0 Å². The molecule has 1 aliphatic rings. The quantitative estimate of drug-likeness (QED) is 0.872. The van der Waals surface area contributed by atoms with Crippen LogP contribution in [0.1, 0.15) is 25.5 Å². The number of nitrogens with zero attached hydrogens (tertiary/aromatic N) is 3. The first-order valence-corrected chi connectivity index (χ1v) is 8.76. The Hall–Kier alpha value is -1.56. The lowest BCUT2D eigenvalue weighted by molar-refractivity contribution is -0.475. The Labute approximate surface area is 152 Å². The lowest BCUT2D eigenvalue weighted by atomic mass is 9.91. The number of aryl methyl sites for hydroxylation is 1. The van der Waals surface area contributed by atoms with E-state index in [1.807, 2.05) is 19.1 Å². The van der Waals surface area contributed by atoms with Crippen LogP contribution in [-0.2, 0) is 0 Å². The molecule has 0 bridgehead atoms. The van der Waals surface area contributed by atoms with Gasteiger partial charge in [0.15, 0.2) is 5.82 Å². The second-order valence-electron chi connectivity index (χ2n) is 6.69. The van der Waals surface area contributed by atoms with E-state index in [2.05, 4.69) is 27.9 Å². The zero-order valence-corrected chi connectivity index (χ0v) is 15.5. The number of aromatic nitrogens is 2. The molecule has 1 aromatic heterocycles. The summed E-state index contributed by atoms with van der Waals surface area (Å²) in [6.45, 7) is 6.07. The van der Waals surface area contributed by atoms with Crippen LogP contribution in [0.25, 0.3) is 0 Å². The topological polar surface area (TPSA) is 68.7 Å². The van der Waals surface area contributed by atoms with Gasteiger partial charge in [-0.1, -0.05) is 29.3 Å². The third kappa shape index (κ3) is 3.74. The number of rotatable bonds is 3. The van der Waals surface area contributed by atoms with E-state index < -0.39 is 0 Å². The van der Waals surface area contributed by atoms with Crippen LogP contribution >= 0.6 is 23.2 Å². The SMILES string of the molecule is Cc1nc(N2CCC(C)([NH3+])CC2)cnc1Nc1cccc(Cl)c1Cl. The van der Waals surface area contributed by atoms with Crippen LogP contribution in [0.3, 0.4) is 0 Å². The van der Waals surface area contributed by atoms with Crippen LogP contribution in [0.4, 0.5) is 17.3 Å². The predicted octanol–water partition coefficient (Wildman–Crippen LogP) is 3.44. The smallest absolute Gasteiger partial charge is 0.152 e. The van der Waals surface area contributed by atoms with Crippen LogP contribution in [-0.4, -0.2) is 28.6 Å². The van der Waals surface area contributed by atoms with Crippen molar-refractivity contribution in [3.8, 4) is 0 Å². The van der Waals surface area contributed by atoms with Gasteiger partial charge in [-0.2, -0.15) is 0 Å². The molecule has 0 saturated carbocycles. The zero-order chi connectivity index (χ0) is 17.3. The molecule has 5 nitrogen and oxygen atoms in total. The highest BCUT2D eigenvalue weighted by Gasteiger charge is 2.30. The van der Waals surface area contributed by atoms with Gasteiger partial charge in [0, 0.05) is 25.9 Å². The summed E-state index contributed by atoms with van der Waals surface area (Å²) in [6, 6.07) is 5.46. The van der Waals surface area contributed by atoms with Crippen LogP contribution in [0.5, 0.6) is 0 Å². The molecule has 0 aliphatic carbocycles. The first-order valence-electron chi connectivity index (χ1n) is 8.01. The molecular formula is C17H22Cl2N5+. The molecule has 128 valence electrons. The fraction of sp³-hybridized carbons (Fsp3) is 0.412. The van der Waals surface area contributed by atoms with E-state index in [0.717, 1.165) is 43.1 Å². The Morgan fingerprint density at radius 3 is 2.62 bits per heavy atom. The molecule has 2 heterocycles. The Morgan fingerprint density at radius 2 is 1.96 bits per heavy atom. The standard InChI is InChI=1S/C17H21Cl2N5/c1-11-16(23-13-5-3-4-12(18)15(13)19)21-10-14(22-11)24-8-6-17(2,20)7-9-24/h3-5,10H,6-9,20H2,1-2H3,(H,21,23)/p+1. The van der Waals surface area contributed by atoms with E-state index in [-0.39, 0.29) is 5.54 Å². The van der Waals surface area contributed by atoms with Crippen LogP contribution < -0.4 is 16.0 Å². The first-order chi connectivity index (χ1) is 11.4. The summed E-state index contributed by atoms with van der Waals surface area (Å²) in [5.74, 6) is 1.59. The fourth-order valence-corrected chi connectivity index (χ4v) is 3.10. The lowest BCUT2D eigenvalue weighted by Gasteiger charge is -2.35. The van der Waals surface area contributed by atoms with Gasteiger partial charge < -0.3 is 16.0 Å². The van der Waals surface area contributed by atoms with E-state index in [4.69, 9.17) is 28.2 Å². The number of hydrogen-bond acceptors (Lipinski definition) is 4. The van der Waals surface area contributed by atoms with Gasteiger partial charge in [0.05, 0.1) is 33.2 Å². The van der Waals surface area contributed by atoms with E-state index in [9.17, 15) is 0 Å². The van der Waals surface area contributed by atoms with Gasteiger partial charge in [-0.3, -0.25) is 0 Å². The van der Waals surface area contributed by atoms with Gasteiger partial charge >= 0.3 is 0 Å². The molecule has 0 radical (unpaired) electrons. The lowest BCUT2D eigenvalue weighted by Crippen LogP contribution is -2.73. The predicted molar refractivity (Wildman–Crippen MR) is 99.3 cm³/mol. The van der Waals surface area contributed by atoms with Crippen molar-refractivity contribution in [1.29, 1.82) is 0 Å². The van der Waals surface area contributed by atoms with Crippen LogP contribution in [0, 0.1) is 6.92 Å². The van der Waals surface area contributed by atoms with E-state index >= 15 is 0 Å². The maximum atomic E-state index is 6.22. The number of halogens is 2. The van der Waals surface area contributed by atoms with Gasteiger partial charge in [0.2, 0.25) is 0 Å². The number of piperidine rings is 1. The molecule has 7 heteroatoms. The highest BCUT2D eigenvalue weighted by Crippen LogP contribution is 2.32. The highest BCUT2D eigenvalue weighted by atomic mass is 35.5. The largest absolute Gasteiger partial charge is 0.355 e. The first kappa shape index (κ1) is 17.3. The minimum atomic E-state index is 0.170. The van der Waals surface area contributed by atoms with Gasteiger partial charge in [0.1, 0.15) is 5.82 Å². The molecule has 1 aliphatic heterocycles. The number of quaternary nitrogens is 1. The van der Waals surface area contributed by atoms with Gasteiger partial charge in [-0.15, -0.1) is 0 Å². The van der Waals surface area contributed by atoms with Crippen molar-refractivity contribution in [2.75, 3.05) is 23.3 Å². The molecule has 0 amide bonds. The Kier molecular flexibility index (Phi) is 4.85. The number of benzene rings is 1. The Balaban J connectivity index is 1.77. The van der Waals surface area contributed by atoms with Crippen molar-refractivity contribution in [2.45, 2.75) is 32.2 Å². The molecule has 4 N–H and O–H groups in total. The third-order valence-electron chi connectivity index (χ3n) is 4.43. The van der Waals surface area contributed by atoms with Crippen molar-refractivity contribution in [3.05, 3.63) is 40.1 Å². The molecule has 2 aromatic rings. The molecule has 1 aromatic carbocycles. The van der Waals surface area contributed by atoms with Crippen molar-refractivity contribution in [2.24, 2.45) is 0 Å². The molecule has 0 unspecified atom stereocenters. The molecule has 3 rings (SSSR count). The molecular weight excluding hydrogens is 345 g/mol. The van der Waals surface area contributed by atoms with E-state index in [0.29, 0.717) is 15.9 Å². The van der Waals surface area contributed by atoms with Crippen LogP contribution in [0.2, 0.25) is 10.0 Å². The average molecular weight is 367 g/mol. The van der Waals surface area contributed by atoms with Gasteiger partial charge in [-0.05, 0) is 26.0 Å². The summed E-state index contributed by atoms with van der Waals surface area (Å²) in [5.41, 5.74) is 5.97. The fourth-order valence-electron chi connectivity index (χ4n) is 2.75. The maximum Gasteiger partial charge on any atom is 0.152 e. The second kappa shape index (κ2) is 6.75. The van der Waals surface area contributed by atoms with Crippen molar-refractivity contribution in [1.82, 2.24) is 9.97 Å². The molecule has 1 fully saturated rings. The zero-order valence-electron chi connectivity index (χ0n) is 13.9. The second-order valence-corrected chi connectivity index (χ2v) is 7.47. The summed E-state index contributed by atoms with van der Waals surface area (Å²) < 4.78 is 0. The summed E-state index contributed by atoms with van der Waals surface area (Å²) >= 11 is 12.3. The summed E-state index contributed by atoms with van der Waals surface area (Å²) in [6.07, 6.45) is 3.93. The normalized spacial score (nSPS) is 17.0. The molecule has 0 spiro atoms. The van der Waals surface area contributed by atoms with E-state index in [1.54, 1.807) is 12.3 Å². The Morgan fingerprint density at radius 1 is 1.25 bits per heavy atom. The van der Waals surface area contributed by atoms with Crippen molar-refractivity contribution >= 4 is 40.5 Å². The summed E-state index contributed by atoms with van der Waals surface area (Å²) in [7, 11) is 0. The highest BCUT2D eigenvalue weighted by molar-refractivity contribution is 6.43. The number of hydrogen-bond donors (Lipinski definition) is 2. The maximum absolute atomic E-state index is 6.22. The van der Waals surface area contributed by atoms with Crippen molar-refractivity contribution < 1.29 is 5.73 Å². The molecule has 1 saturated heterocycles. The molecule has 24 heavy (non-hydrogen) atoms. The Bertz CT molecular complexity index is 738. The summed E-state index contributed by atoms with van der Waals surface area (Å²) in [5, 5.41) is 4.20. The molecule has 0 atom stereocenters. The van der Waals surface area contributed by atoms with E-state index in [1.165, 1.54) is 0 Å². The van der Waals surface area contributed by atoms with Crippen LogP contribution in [0.15, 0.2) is 24.4 Å². The number of nitrogens with one attached hydrogen (secondary N) is 1. The summed E-state index contributed by atoms with van der Waals surface area (Å²) in [4.78, 5) is 11.5. The van der Waals surface area contributed by atoms with Gasteiger partial charge in [-0.25, -0.2) is 9.97 Å². The average Bonchev–Trinajstić information content (AvgIpc) is 2.53. The third-order valence-corrected chi connectivity index (χ3v) is 5.25.